The average molecular weight is 158 g/mol. The Morgan fingerprint density at radius 1 is 1.20 bits per heavy atom. The molecule has 2 nitrogen and oxygen atoms in total. The van der Waals surface area contributed by atoms with E-state index in [0.717, 1.165) is 0 Å². The summed E-state index contributed by atoms with van der Waals surface area (Å²) < 4.78 is 42.9. The van der Waals surface area contributed by atoms with Gasteiger partial charge in [0, 0.05) is 7.11 Å². The van der Waals surface area contributed by atoms with E-state index in [-0.39, 0.29) is 13.2 Å². The number of methoxy groups -OCH3 is 1. The van der Waals surface area contributed by atoms with Gasteiger partial charge in [0.2, 0.25) is 0 Å². The highest BCUT2D eigenvalue weighted by Gasteiger charge is 2.18. The molecule has 0 aromatic carbocycles. The number of hydrogen-bond acceptors (Lipinski definition) is 2. The van der Waals surface area contributed by atoms with Gasteiger partial charge in [-0.1, -0.05) is 0 Å². The van der Waals surface area contributed by atoms with Crippen LogP contribution in [0.3, 0.4) is 0 Å². The summed E-state index contributed by atoms with van der Waals surface area (Å²) in [4.78, 5) is 0. The molecule has 5 heteroatoms. The van der Waals surface area contributed by atoms with Crippen molar-refractivity contribution >= 4 is 0 Å². The summed E-state index contributed by atoms with van der Waals surface area (Å²) in [6.45, 7) is -0.0326. The molecule has 0 heterocycles. The third-order valence-corrected chi connectivity index (χ3v) is 0.763. The standard InChI is InChI=1S/C5H9F3O2/c1-9-2-3-10-5(8)4(6)7/h4-5H,2-3H2,1H3. The van der Waals surface area contributed by atoms with Gasteiger partial charge in [-0.25, -0.2) is 13.2 Å². The third kappa shape index (κ3) is 4.58. The van der Waals surface area contributed by atoms with Crippen LogP contribution in [0.5, 0.6) is 0 Å². The molecule has 0 bridgehead atoms. The van der Waals surface area contributed by atoms with E-state index >= 15 is 0 Å². The maximum Gasteiger partial charge on any atom is 0.293 e. The van der Waals surface area contributed by atoms with Crippen molar-refractivity contribution in [2.24, 2.45) is 0 Å². The molecule has 0 saturated carbocycles. The molecule has 0 fully saturated rings. The van der Waals surface area contributed by atoms with Crippen molar-refractivity contribution in [1.82, 2.24) is 0 Å². The first-order valence-electron chi connectivity index (χ1n) is 2.71. The van der Waals surface area contributed by atoms with Crippen LogP contribution in [0.4, 0.5) is 13.2 Å². The van der Waals surface area contributed by atoms with Gasteiger partial charge in [-0.05, 0) is 0 Å². The van der Waals surface area contributed by atoms with Gasteiger partial charge in [0.1, 0.15) is 0 Å². The Morgan fingerprint density at radius 3 is 2.20 bits per heavy atom. The lowest BCUT2D eigenvalue weighted by Crippen LogP contribution is -2.18. The molecule has 0 rings (SSSR count). The van der Waals surface area contributed by atoms with Gasteiger partial charge in [0.05, 0.1) is 13.2 Å². The van der Waals surface area contributed by atoms with E-state index in [4.69, 9.17) is 0 Å². The zero-order chi connectivity index (χ0) is 7.98. The minimum atomic E-state index is -3.07. The largest absolute Gasteiger partial charge is 0.382 e. The van der Waals surface area contributed by atoms with Crippen molar-refractivity contribution in [3.8, 4) is 0 Å². The average Bonchev–Trinajstić information content (AvgIpc) is 1.88. The summed E-state index contributed by atoms with van der Waals surface area (Å²) in [5.74, 6) is 0. The predicted octanol–water partition coefficient (Wildman–Crippen LogP) is 1.21. The smallest absolute Gasteiger partial charge is 0.293 e. The second kappa shape index (κ2) is 5.49. The molecule has 0 aromatic heterocycles. The molecule has 10 heavy (non-hydrogen) atoms. The molecule has 0 aliphatic carbocycles. The number of alkyl halides is 3. The summed E-state index contributed by atoms with van der Waals surface area (Å²) in [6, 6.07) is 0. The Hall–Kier alpha value is -0.290. The molecule has 0 saturated heterocycles. The lowest BCUT2D eigenvalue weighted by molar-refractivity contribution is -0.135. The molecule has 1 atom stereocenters. The fourth-order valence-electron chi connectivity index (χ4n) is 0.317. The first-order chi connectivity index (χ1) is 4.68. The van der Waals surface area contributed by atoms with Crippen molar-refractivity contribution in [3.05, 3.63) is 0 Å². The quantitative estimate of drug-likeness (QED) is 0.560. The molecular formula is C5H9F3O2. The van der Waals surface area contributed by atoms with Gasteiger partial charge in [0.15, 0.2) is 0 Å². The highest BCUT2D eigenvalue weighted by molar-refractivity contribution is 4.42. The second-order valence-electron chi connectivity index (χ2n) is 1.55. The molecule has 1 unspecified atom stereocenters. The normalized spacial score (nSPS) is 14.1. The minimum absolute atomic E-state index is 0.118. The monoisotopic (exact) mass is 158 g/mol. The molecule has 0 amide bonds. The molecule has 0 aromatic rings. The molecule has 0 aliphatic heterocycles. The van der Waals surface area contributed by atoms with E-state index in [1.165, 1.54) is 7.11 Å². The van der Waals surface area contributed by atoms with Crippen LogP contribution in [0.15, 0.2) is 0 Å². The Kier molecular flexibility index (Phi) is 5.33. The van der Waals surface area contributed by atoms with Crippen molar-refractivity contribution < 1.29 is 22.6 Å². The highest BCUT2D eigenvalue weighted by atomic mass is 19.3. The lowest BCUT2D eigenvalue weighted by Gasteiger charge is -2.06. The van der Waals surface area contributed by atoms with E-state index in [9.17, 15) is 13.2 Å². The Labute approximate surface area is 56.9 Å². The van der Waals surface area contributed by atoms with Gasteiger partial charge >= 0.3 is 0 Å². The van der Waals surface area contributed by atoms with Gasteiger partial charge in [-0.15, -0.1) is 0 Å². The van der Waals surface area contributed by atoms with Crippen molar-refractivity contribution in [1.29, 1.82) is 0 Å². The van der Waals surface area contributed by atoms with Crippen LogP contribution < -0.4 is 0 Å². The number of hydrogen-bond donors (Lipinski definition) is 0. The van der Waals surface area contributed by atoms with Crippen LogP contribution in [0.25, 0.3) is 0 Å². The molecule has 0 aliphatic rings. The first-order valence-corrected chi connectivity index (χ1v) is 2.71. The predicted molar refractivity (Wildman–Crippen MR) is 28.7 cm³/mol. The van der Waals surface area contributed by atoms with E-state index in [1.807, 2.05) is 0 Å². The molecule has 0 spiro atoms. The van der Waals surface area contributed by atoms with E-state index in [1.54, 1.807) is 0 Å². The summed E-state index contributed by atoms with van der Waals surface area (Å²) in [7, 11) is 1.37. The van der Waals surface area contributed by atoms with Crippen LogP contribution in [0, 0.1) is 0 Å². The molecule has 62 valence electrons. The summed E-state index contributed by atoms with van der Waals surface area (Å²) in [6.07, 6.45) is -5.56. The fourth-order valence-corrected chi connectivity index (χ4v) is 0.317. The second-order valence-corrected chi connectivity index (χ2v) is 1.55. The third-order valence-electron chi connectivity index (χ3n) is 0.763. The van der Waals surface area contributed by atoms with Crippen molar-refractivity contribution in [2.45, 2.75) is 12.8 Å². The summed E-state index contributed by atoms with van der Waals surface area (Å²) in [5.41, 5.74) is 0. The van der Waals surface area contributed by atoms with Gasteiger partial charge in [-0.2, -0.15) is 0 Å². The SMILES string of the molecule is COCCOC(F)C(F)F. The van der Waals surface area contributed by atoms with Gasteiger partial charge in [-0.3, -0.25) is 0 Å². The van der Waals surface area contributed by atoms with Crippen LogP contribution in [0.2, 0.25) is 0 Å². The maximum absolute atomic E-state index is 11.8. The van der Waals surface area contributed by atoms with Crippen LogP contribution in [0.1, 0.15) is 0 Å². The maximum atomic E-state index is 11.8. The molecular weight excluding hydrogens is 149 g/mol. The number of rotatable bonds is 5. The number of ether oxygens (including phenoxy) is 2. The first kappa shape index (κ1) is 9.71. The number of halogens is 3. The fraction of sp³-hybridized carbons (Fsp3) is 1.00. The van der Waals surface area contributed by atoms with E-state index in [0.29, 0.717) is 0 Å². The Morgan fingerprint density at radius 2 is 1.80 bits per heavy atom. The van der Waals surface area contributed by atoms with Gasteiger partial charge in [0.25, 0.3) is 12.8 Å². The van der Waals surface area contributed by atoms with Gasteiger partial charge < -0.3 is 9.47 Å². The molecule has 0 N–H and O–H groups in total. The van der Waals surface area contributed by atoms with Crippen molar-refractivity contribution in [3.63, 3.8) is 0 Å². The Balaban J connectivity index is 3.13. The molecule has 0 radical (unpaired) electrons. The van der Waals surface area contributed by atoms with Crippen LogP contribution in [-0.4, -0.2) is 33.1 Å². The highest BCUT2D eigenvalue weighted by Crippen LogP contribution is 2.05. The summed E-state index contributed by atoms with van der Waals surface area (Å²) >= 11 is 0. The zero-order valence-corrected chi connectivity index (χ0v) is 5.52. The van der Waals surface area contributed by atoms with E-state index in [2.05, 4.69) is 9.47 Å². The van der Waals surface area contributed by atoms with Crippen LogP contribution in [-0.2, 0) is 9.47 Å². The summed E-state index contributed by atoms with van der Waals surface area (Å²) in [5, 5.41) is 0. The Bertz CT molecular complexity index is 79.3. The zero-order valence-electron chi connectivity index (χ0n) is 5.52. The van der Waals surface area contributed by atoms with Crippen LogP contribution >= 0.6 is 0 Å². The topological polar surface area (TPSA) is 18.5 Å². The minimum Gasteiger partial charge on any atom is -0.382 e. The lowest BCUT2D eigenvalue weighted by atomic mass is 10.7. The van der Waals surface area contributed by atoms with Crippen molar-refractivity contribution in [2.75, 3.05) is 20.3 Å². The van der Waals surface area contributed by atoms with E-state index < -0.39 is 12.8 Å².